The summed E-state index contributed by atoms with van der Waals surface area (Å²) in [6, 6.07) is 10.1. The van der Waals surface area contributed by atoms with Gasteiger partial charge in [0.25, 0.3) is 0 Å². The number of amides is 1. The Morgan fingerprint density at radius 3 is 2.83 bits per heavy atom. The summed E-state index contributed by atoms with van der Waals surface area (Å²) in [7, 11) is 0. The summed E-state index contributed by atoms with van der Waals surface area (Å²) in [5.41, 5.74) is 3.16. The molecule has 1 unspecified atom stereocenters. The first-order chi connectivity index (χ1) is 11.1. The van der Waals surface area contributed by atoms with Gasteiger partial charge < -0.3 is 10.6 Å². The van der Waals surface area contributed by atoms with Crippen molar-refractivity contribution in [3.63, 3.8) is 0 Å². The Hall–Kier alpha value is -2.14. The fourth-order valence-corrected chi connectivity index (χ4v) is 2.96. The predicted octanol–water partition coefficient (Wildman–Crippen LogP) is 2.22. The fourth-order valence-electron chi connectivity index (χ4n) is 2.96. The highest BCUT2D eigenvalue weighted by atomic mass is 16.1. The van der Waals surface area contributed by atoms with E-state index in [1.807, 2.05) is 41.2 Å². The smallest absolute Gasteiger partial charge is 0.224 e. The lowest BCUT2D eigenvalue weighted by atomic mass is 10.1. The molecule has 0 saturated carbocycles. The summed E-state index contributed by atoms with van der Waals surface area (Å²) < 4.78 is 1.90. The second-order valence-electron chi connectivity index (χ2n) is 6.38. The normalized spacial score (nSPS) is 17.6. The number of nitrogens with one attached hydrogen (secondary N) is 2. The number of nitrogens with zero attached hydrogens (tertiary/aromatic N) is 2. The summed E-state index contributed by atoms with van der Waals surface area (Å²) in [4.78, 5) is 12.2. The highest BCUT2D eigenvalue weighted by molar-refractivity contribution is 5.79. The van der Waals surface area contributed by atoms with Crippen molar-refractivity contribution in [2.45, 2.75) is 32.7 Å². The molecular formula is C18H24N4O. The van der Waals surface area contributed by atoms with E-state index in [1.54, 1.807) is 0 Å². The summed E-state index contributed by atoms with van der Waals surface area (Å²) >= 11 is 0. The lowest BCUT2D eigenvalue weighted by Gasteiger charge is -2.10. The number of benzene rings is 1. The SMILES string of the molecule is CC(C)c1nn(-c2ccccc2)cc1CNC(=O)C1CCNC1. The van der Waals surface area contributed by atoms with Crippen LogP contribution in [-0.4, -0.2) is 28.8 Å². The quantitative estimate of drug-likeness (QED) is 0.890. The molecule has 1 aliphatic rings. The minimum Gasteiger partial charge on any atom is -0.352 e. The van der Waals surface area contributed by atoms with E-state index in [1.165, 1.54) is 0 Å². The first-order valence-corrected chi connectivity index (χ1v) is 8.27. The van der Waals surface area contributed by atoms with E-state index in [9.17, 15) is 4.79 Å². The largest absolute Gasteiger partial charge is 0.352 e. The highest BCUT2D eigenvalue weighted by Crippen LogP contribution is 2.20. The Morgan fingerprint density at radius 1 is 1.39 bits per heavy atom. The molecule has 5 nitrogen and oxygen atoms in total. The van der Waals surface area contributed by atoms with Gasteiger partial charge >= 0.3 is 0 Å². The van der Waals surface area contributed by atoms with Crippen LogP contribution in [0, 0.1) is 5.92 Å². The van der Waals surface area contributed by atoms with Crippen LogP contribution in [0.4, 0.5) is 0 Å². The number of para-hydroxylation sites is 1. The number of rotatable bonds is 5. The molecule has 122 valence electrons. The molecule has 3 rings (SSSR count). The average molecular weight is 312 g/mol. The van der Waals surface area contributed by atoms with Gasteiger partial charge in [-0.15, -0.1) is 0 Å². The summed E-state index contributed by atoms with van der Waals surface area (Å²) in [6.45, 7) is 6.51. The van der Waals surface area contributed by atoms with Gasteiger partial charge in [-0.1, -0.05) is 32.0 Å². The van der Waals surface area contributed by atoms with Gasteiger partial charge in [0, 0.05) is 24.8 Å². The number of hydrogen-bond acceptors (Lipinski definition) is 3. The fraction of sp³-hybridized carbons (Fsp3) is 0.444. The topological polar surface area (TPSA) is 59.0 Å². The molecule has 1 aromatic carbocycles. The van der Waals surface area contributed by atoms with Crippen molar-refractivity contribution in [1.82, 2.24) is 20.4 Å². The Balaban J connectivity index is 1.75. The molecule has 0 aliphatic carbocycles. The van der Waals surface area contributed by atoms with Crippen LogP contribution in [0.25, 0.3) is 5.69 Å². The molecule has 1 aromatic heterocycles. The molecule has 1 saturated heterocycles. The third-order valence-electron chi connectivity index (χ3n) is 4.27. The van der Waals surface area contributed by atoms with Crippen LogP contribution < -0.4 is 10.6 Å². The Kier molecular flexibility index (Phi) is 4.76. The monoisotopic (exact) mass is 312 g/mol. The van der Waals surface area contributed by atoms with Crippen molar-refractivity contribution >= 4 is 5.91 Å². The summed E-state index contributed by atoms with van der Waals surface area (Å²) in [6.07, 6.45) is 2.95. The molecule has 1 fully saturated rings. The third-order valence-corrected chi connectivity index (χ3v) is 4.27. The molecule has 1 atom stereocenters. The molecule has 2 N–H and O–H groups in total. The van der Waals surface area contributed by atoms with Crippen LogP contribution in [0.15, 0.2) is 36.5 Å². The van der Waals surface area contributed by atoms with E-state index in [-0.39, 0.29) is 11.8 Å². The first-order valence-electron chi connectivity index (χ1n) is 8.27. The van der Waals surface area contributed by atoms with Crippen LogP contribution in [0.5, 0.6) is 0 Å². The van der Waals surface area contributed by atoms with Gasteiger partial charge in [-0.3, -0.25) is 4.79 Å². The van der Waals surface area contributed by atoms with Gasteiger partial charge in [0.2, 0.25) is 5.91 Å². The molecule has 23 heavy (non-hydrogen) atoms. The molecule has 0 spiro atoms. The molecule has 2 heterocycles. The van der Waals surface area contributed by atoms with Crippen LogP contribution in [0.3, 0.4) is 0 Å². The minimum atomic E-state index is 0.0988. The zero-order chi connectivity index (χ0) is 16.2. The Morgan fingerprint density at radius 2 is 2.17 bits per heavy atom. The van der Waals surface area contributed by atoms with Crippen LogP contribution in [0.2, 0.25) is 0 Å². The van der Waals surface area contributed by atoms with Crippen LogP contribution in [0.1, 0.15) is 37.4 Å². The lowest BCUT2D eigenvalue weighted by molar-refractivity contribution is -0.124. The number of aromatic nitrogens is 2. The molecule has 0 radical (unpaired) electrons. The molecule has 1 aliphatic heterocycles. The molecular weight excluding hydrogens is 288 g/mol. The molecule has 5 heteroatoms. The van der Waals surface area contributed by atoms with E-state index < -0.39 is 0 Å². The van der Waals surface area contributed by atoms with Crippen molar-refractivity contribution in [3.05, 3.63) is 47.8 Å². The average Bonchev–Trinajstić information content (AvgIpc) is 3.23. The highest BCUT2D eigenvalue weighted by Gasteiger charge is 2.22. The van der Waals surface area contributed by atoms with E-state index in [4.69, 9.17) is 5.10 Å². The Labute approximate surface area is 137 Å². The second-order valence-corrected chi connectivity index (χ2v) is 6.38. The van der Waals surface area contributed by atoms with Gasteiger partial charge in [-0.2, -0.15) is 5.10 Å². The molecule has 1 amide bonds. The second kappa shape index (κ2) is 6.96. The van der Waals surface area contributed by atoms with E-state index >= 15 is 0 Å². The van der Waals surface area contributed by atoms with Gasteiger partial charge in [-0.25, -0.2) is 4.68 Å². The molecule has 2 aromatic rings. The van der Waals surface area contributed by atoms with Crippen molar-refractivity contribution in [2.75, 3.05) is 13.1 Å². The van der Waals surface area contributed by atoms with Crippen molar-refractivity contribution in [1.29, 1.82) is 0 Å². The van der Waals surface area contributed by atoms with Crippen LogP contribution in [-0.2, 0) is 11.3 Å². The van der Waals surface area contributed by atoms with Gasteiger partial charge in [0.1, 0.15) is 0 Å². The predicted molar refractivity (Wildman–Crippen MR) is 90.5 cm³/mol. The van der Waals surface area contributed by atoms with Crippen molar-refractivity contribution < 1.29 is 4.79 Å². The number of carbonyl (C=O) groups is 1. The summed E-state index contributed by atoms with van der Waals surface area (Å²) in [5, 5.41) is 11.0. The van der Waals surface area contributed by atoms with E-state index in [2.05, 4.69) is 24.5 Å². The standard InChI is InChI=1S/C18H24N4O/c1-13(2)17-15(11-20-18(23)14-8-9-19-10-14)12-22(21-17)16-6-4-3-5-7-16/h3-7,12-14,19H,8-11H2,1-2H3,(H,20,23). The van der Waals surface area contributed by atoms with Crippen molar-refractivity contribution in [2.24, 2.45) is 5.92 Å². The van der Waals surface area contributed by atoms with E-state index in [0.29, 0.717) is 12.5 Å². The summed E-state index contributed by atoms with van der Waals surface area (Å²) in [5.74, 6) is 0.554. The van der Waals surface area contributed by atoms with Crippen LogP contribution >= 0.6 is 0 Å². The first kappa shape index (κ1) is 15.7. The maximum atomic E-state index is 12.2. The van der Waals surface area contributed by atoms with Gasteiger partial charge in [0.05, 0.1) is 17.3 Å². The Bertz CT molecular complexity index is 657. The number of carbonyl (C=O) groups excluding carboxylic acids is 1. The maximum absolute atomic E-state index is 12.2. The van der Waals surface area contributed by atoms with Crippen molar-refractivity contribution in [3.8, 4) is 5.69 Å². The number of hydrogen-bond donors (Lipinski definition) is 2. The van der Waals surface area contributed by atoms with E-state index in [0.717, 1.165) is 36.5 Å². The van der Waals surface area contributed by atoms with Gasteiger partial charge in [-0.05, 0) is 31.0 Å². The van der Waals surface area contributed by atoms with Gasteiger partial charge in [0.15, 0.2) is 0 Å². The lowest BCUT2D eigenvalue weighted by Crippen LogP contribution is -2.31. The molecule has 0 bridgehead atoms. The maximum Gasteiger partial charge on any atom is 0.224 e. The third kappa shape index (κ3) is 3.62. The minimum absolute atomic E-state index is 0.0988. The zero-order valence-corrected chi connectivity index (χ0v) is 13.7. The zero-order valence-electron chi connectivity index (χ0n) is 13.7.